The first-order valence-corrected chi connectivity index (χ1v) is 6.09. The highest BCUT2D eigenvalue weighted by Crippen LogP contribution is 2.26. The SMILES string of the molecule is CC1CN(C(=O)[C@@H]2CNC[C@H]2C)CC1C. The molecule has 2 rings (SSSR count). The summed E-state index contributed by atoms with van der Waals surface area (Å²) in [6.45, 7) is 10.5. The van der Waals surface area contributed by atoms with Crippen molar-refractivity contribution in [2.45, 2.75) is 20.8 Å². The summed E-state index contributed by atoms with van der Waals surface area (Å²) in [5.74, 6) is 2.44. The smallest absolute Gasteiger partial charge is 0.227 e. The largest absolute Gasteiger partial charge is 0.342 e. The number of hydrogen-bond donors (Lipinski definition) is 1. The minimum atomic E-state index is 0.225. The van der Waals surface area contributed by atoms with E-state index in [0.29, 0.717) is 23.7 Å². The maximum absolute atomic E-state index is 12.2. The second-order valence-electron chi connectivity index (χ2n) is 5.44. The molecule has 86 valence electrons. The summed E-state index contributed by atoms with van der Waals surface area (Å²) in [5, 5.41) is 3.30. The fourth-order valence-electron chi connectivity index (χ4n) is 2.68. The standard InChI is InChI=1S/C12H22N2O/c1-8-4-13-5-11(8)12(15)14-6-9(2)10(3)7-14/h8-11,13H,4-7H2,1-3H3/t8-,9?,10?,11-/m1/s1. The number of amides is 1. The summed E-state index contributed by atoms with van der Waals surface area (Å²) >= 11 is 0. The number of carbonyl (C=O) groups excluding carboxylic acids is 1. The van der Waals surface area contributed by atoms with Gasteiger partial charge in [0.25, 0.3) is 0 Å². The van der Waals surface area contributed by atoms with Gasteiger partial charge < -0.3 is 10.2 Å². The number of hydrogen-bond acceptors (Lipinski definition) is 2. The Hall–Kier alpha value is -0.570. The van der Waals surface area contributed by atoms with E-state index in [2.05, 4.69) is 31.0 Å². The third kappa shape index (κ3) is 2.03. The van der Waals surface area contributed by atoms with Crippen molar-refractivity contribution < 1.29 is 4.79 Å². The van der Waals surface area contributed by atoms with Gasteiger partial charge in [0.15, 0.2) is 0 Å². The van der Waals surface area contributed by atoms with Crippen LogP contribution in [0.4, 0.5) is 0 Å². The van der Waals surface area contributed by atoms with Crippen LogP contribution in [0.1, 0.15) is 20.8 Å². The van der Waals surface area contributed by atoms with Crippen molar-refractivity contribution in [3.8, 4) is 0 Å². The van der Waals surface area contributed by atoms with E-state index in [1.165, 1.54) is 0 Å². The lowest BCUT2D eigenvalue weighted by Gasteiger charge is -2.22. The Labute approximate surface area is 92.2 Å². The predicted molar refractivity (Wildman–Crippen MR) is 60.4 cm³/mol. The van der Waals surface area contributed by atoms with Crippen molar-refractivity contribution in [1.29, 1.82) is 0 Å². The monoisotopic (exact) mass is 210 g/mol. The van der Waals surface area contributed by atoms with Gasteiger partial charge >= 0.3 is 0 Å². The summed E-state index contributed by atoms with van der Waals surface area (Å²) in [7, 11) is 0. The molecule has 0 saturated carbocycles. The molecule has 0 spiro atoms. The van der Waals surface area contributed by atoms with Crippen LogP contribution in [-0.2, 0) is 4.79 Å². The Morgan fingerprint density at radius 1 is 1.07 bits per heavy atom. The zero-order valence-corrected chi connectivity index (χ0v) is 9.99. The van der Waals surface area contributed by atoms with Gasteiger partial charge in [-0.05, 0) is 24.3 Å². The molecule has 0 aromatic rings. The molecule has 0 bridgehead atoms. The number of rotatable bonds is 1. The van der Waals surface area contributed by atoms with Crippen molar-refractivity contribution in [3.63, 3.8) is 0 Å². The van der Waals surface area contributed by atoms with E-state index in [0.717, 1.165) is 26.2 Å². The van der Waals surface area contributed by atoms with Gasteiger partial charge in [-0.15, -0.1) is 0 Å². The minimum absolute atomic E-state index is 0.225. The summed E-state index contributed by atoms with van der Waals surface area (Å²) in [6.07, 6.45) is 0. The Kier molecular flexibility index (Phi) is 3.01. The van der Waals surface area contributed by atoms with Crippen molar-refractivity contribution in [2.75, 3.05) is 26.2 Å². The maximum atomic E-state index is 12.2. The molecule has 1 amide bonds. The lowest BCUT2D eigenvalue weighted by Crippen LogP contribution is -2.37. The third-order valence-electron chi connectivity index (χ3n) is 4.13. The first-order chi connectivity index (χ1) is 7.09. The van der Waals surface area contributed by atoms with Crippen LogP contribution >= 0.6 is 0 Å². The van der Waals surface area contributed by atoms with Crippen LogP contribution < -0.4 is 5.32 Å². The maximum Gasteiger partial charge on any atom is 0.227 e. The lowest BCUT2D eigenvalue weighted by atomic mass is 9.97. The van der Waals surface area contributed by atoms with Gasteiger partial charge in [-0.25, -0.2) is 0 Å². The van der Waals surface area contributed by atoms with E-state index in [-0.39, 0.29) is 5.92 Å². The zero-order valence-electron chi connectivity index (χ0n) is 9.99. The number of nitrogens with zero attached hydrogens (tertiary/aromatic N) is 1. The molecule has 2 aliphatic rings. The number of carbonyl (C=O) groups is 1. The van der Waals surface area contributed by atoms with Crippen molar-refractivity contribution in [2.24, 2.45) is 23.7 Å². The average Bonchev–Trinajstić information content (AvgIpc) is 2.74. The Bertz CT molecular complexity index is 244. The number of likely N-dealkylation sites (tertiary alicyclic amines) is 1. The quantitative estimate of drug-likeness (QED) is 0.699. The van der Waals surface area contributed by atoms with E-state index in [1.54, 1.807) is 0 Å². The van der Waals surface area contributed by atoms with Gasteiger partial charge in [0.05, 0.1) is 5.92 Å². The van der Waals surface area contributed by atoms with Gasteiger partial charge in [0.1, 0.15) is 0 Å². The number of nitrogens with one attached hydrogen (secondary N) is 1. The molecule has 0 aromatic carbocycles. The molecule has 2 unspecified atom stereocenters. The van der Waals surface area contributed by atoms with Crippen molar-refractivity contribution in [3.05, 3.63) is 0 Å². The van der Waals surface area contributed by atoms with E-state index < -0.39 is 0 Å². The van der Waals surface area contributed by atoms with Crippen molar-refractivity contribution >= 4 is 5.91 Å². The first kappa shape index (κ1) is 10.9. The molecule has 0 aliphatic carbocycles. The first-order valence-electron chi connectivity index (χ1n) is 6.09. The lowest BCUT2D eigenvalue weighted by molar-refractivity contribution is -0.135. The molecule has 15 heavy (non-hydrogen) atoms. The van der Waals surface area contributed by atoms with Crippen LogP contribution in [0.15, 0.2) is 0 Å². The molecule has 2 fully saturated rings. The zero-order chi connectivity index (χ0) is 11.0. The fourth-order valence-corrected chi connectivity index (χ4v) is 2.68. The highest BCUT2D eigenvalue weighted by atomic mass is 16.2. The highest BCUT2D eigenvalue weighted by Gasteiger charge is 2.36. The molecule has 0 radical (unpaired) electrons. The van der Waals surface area contributed by atoms with Gasteiger partial charge in [0, 0.05) is 19.6 Å². The van der Waals surface area contributed by atoms with E-state index >= 15 is 0 Å². The van der Waals surface area contributed by atoms with Gasteiger partial charge in [-0.2, -0.15) is 0 Å². The normalized spacial score (nSPS) is 41.1. The van der Waals surface area contributed by atoms with E-state index in [9.17, 15) is 4.79 Å². The summed E-state index contributed by atoms with van der Waals surface area (Å²) in [6, 6.07) is 0. The van der Waals surface area contributed by atoms with Gasteiger partial charge in [-0.1, -0.05) is 20.8 Å². The van der Waals surface area contributed by atoms with Gasteiger partial charge in [-0.3, -0.25) is 4.79 Å². The molecule has 4 atom stereocenters. The molecule has 2 heterocycles. The average molecular weight is 210 g/mol. The fraction of sp³-hybridized carbons (Fsp3) is 0.917. The van der Waals surface area contributed by atoms with Crippen LogP contribution in [0, 0.1) is 23.7 Å². The Morgan fingerprint density at radius 2 is 1.67 bits per heavy atom. The minimum Gasteiger partial charge on any atom is -0.342 e. The second kappa shape index (κ2) is 4.12. The molecule has 3 nitrogen and oxygen atoms in total. The van der Waals surface area contributed by atoms with Crippen LogP contribution in [0.5, 0.6) is 0 Å². The molecule has 2 saturated heterocycles. The molecule has 0 aromatic heterocycles. The third-order valence-corrected chi connectivity index (χ3v) is 4.13. The highest BCUT2D eigenvalue weighted by molar-refractivity contribution is 5.80. The molecular weight excluding hydrogens is 188 g/mol. The summed E-state index contributed by atoms with van der Waals surface area (Å²) in [5.41, 5.74) is 0. The van der Waals surface area contributed by atoms with Crippen LogP contribution in [0.2, 0.25) is 0 Å². The summed E-state index contributed by atoms with van der Waals surface area (Å²) < 4.78 is 0. The molecular formula is C12H22N2O. The topological polar surface area (TPSA) is 32.3 Å². The van der Waals surface area contributed by atoms with E-state index in [4.69, 9.17) is 0 Å². The van der Waals surface area contributed by atoms with Crippen LogP contribution in [0.3, 0.4) is 0 Å². The molecule has 1 N–H and O–H groups in total. The molecule has 3 heteroatoms. The van der Waals surface area contributed by atoms with Crippen LogP contribution in [0.25, 0.3) is 0 Å². The predicted octanol–water partition coefficient (Wildman–Crippen LogP) is 0.956. The Morgan fingerprint density at radius 3 is 2.13 bits per heavy atom. The van der Waals surface area contributed by atoms with E-state index in [1.807, 2.05) is 0 Å². The molecule has 2 aliphatic heterocycles. The van der Waals surface area contributed by atoms with Crippen molar-refractivity contribution in [1.82, 2.24) is 10.2 Å². The van der Waals surface area contributed by atoms with Crippen LogP contribution in [-0.4, -0.2) is 37.0 Å². The second-order valence-corrected chi connectivity index (χ2v) is 5.44. The Balaban J connectivity index is 1.97. The van der Waals surface area contributed by atoms with Gasteiger partial charge in [0.2, 0.25) is 5.91 Å². The summed E-state index contributed by atoms with van der Waals surface area (Å²) in [4.78, 5) is 14.3.